The lowest BCUT2D eigenvalue weighted by atomic mass is 10.3. The molecule has 0 aliphatic carbocycles. The van der Waals surface area contributed by atoms with Crippen molar-refractivity contribution in [3.05, 3.63) is 36.7 Å². The highest BCUT2D eigenvalue weighted by Crippen LogP contribution is 2.26. The van der Waals surface area contributed by atoms with E-state index in [0.29, 0.717) is 24.3 Å². The van der Waals surface area contributed by atoms with Crippen molar-refractivity contribution in [2.45, 2.75) is 17.4 Å². The predicted octanol–water partition coefficient (Wildman–Crippen LogP) is 1.81. The van der Waals surface area contributed by atoms with Gasteiger partial charge in [-0.05, 0) is 18.6 Å². The minimum atomic E-state index is -3.80. The van der Waals surface area contributed by atoms with Gasteiger partial charge < -0.3 is 9.15 Å². The number of hydrogen-bond acceptors (Lipinski definition) is 6. The topological polar surface area (TPSA) is 90.5 Å². The van der Waals surface area contributed by atoms with Crippen LogP contribution < -0.4 is 4.31 Å². The molecule has 1 aromatic carbocycles. The first-order valence-electron chi connectivity index (χ1n) is 7.52. The van der Waals surface area contributed by atoms with Crippen LogP contribution >= 0.6 is 0 Å². The number of para-hydroxylation sites is 2. The maximum Gasteiger partial charge on any atom is 0.312 e. The number of sulfonamides is 1. The molecule has 24 heavy (non-hydrogen) atoms. The summed E-state index contributed by atoms with van der Waals surface area (Å²) in [6.07, 6.45) is 3.68. The van der Waals surface area contributed by atoms with E-state index in [0.717, 1.165) is 10.7 Å². The summed E-state index contributed by atoms with van der Waals surface area (Å²) in [5.41, 5.74) is 1.14. The quantitative estimate of drug-likeness (QED) is 0.714. The van der Waals surface area contributed by atoms with E-state index in [2.05, 4.69) is 10.1 Å². The lowest BCUT2D eigenvalue weighted by Gasteiger charge is -2.13. The number of hydrogen-bond donors (Lipinski definition) is 0. The van der Waals surface area contributed by atoms with Crippen LogP contribution in [0.1, 0.15) is 12.5 Å². The molecule has 1 saturated heterocycles. The second kappa shape index (κ2) is 5.60. The maximum absolute atomic E-state index is 12.8. The standard InChI is InChI=1S/C15H16N4O4S/c1-18(15-17-13-4-2-3-5-14(13)23-15)24(20,21)12-8-16-19(9-12)11-6-7-22-10-11/h2-5,8-9,11H,6-7,10H2,1H3. The largest absolute Gasteiger partial charge is 0.423 e. The van der Waals surface area contributed by atoms with Gasteiger partial charge in [0.2, 0.25) is 0 Å². The highest BCUT2D eigenvalue weighted by Gasteiger charge is 2.28. The smallest absolute Gasteiger partial charge is 0.312 e. The molecule has 0 saturated carbocycles. The van der Waals surface area contributed by atoms with Crippen LogP contribution in [0.2, 0.25) is 0 Å². The SMILES string of the molecule is CN(c1nc2ccccc2o1)S(=O)(=O)c1cnn(C2CCOC2)c1. The van der Waals surface area contributed by atoms with E-state index in [9.17, 15) is 8.42 Å². The molecular formula is C15H16N4O4S. The highest BCUT2D eigenvalue weighted by molar-refractivity contribution is 7.92. The first kappa shape index (κ1) is 15.2. The van der Waals surface area contributed by atoms with Crippen LogP contribution in [0.4, 0.5) is 6.01 Å². The van der Waals surface area contributed by atoms with Crippen LogP contribution in [-0.2, 0) is 14.8 Å². The van der Waals surface area contributed by atoms with Crippen molar-refractivity contribution in [3.63, 3.8) is 0 Å². The molecule has 1 aliphatic heterocycles. The number of rotatable bonds is 4. The monoisotopic (exact) mass is 348 g/mol. The van der Waals surface area contributed by atoms with Crippen LogP contribution in [-0.4, -0.2) is 43.4 Å². The van der Waals surface area contributed by atoms with Gasteiger partial charge in [0.05, 0.1) is 18.8 Å². The van der Waals surface area contributed by atoms with Crippen molar-refractivity contribution in [2.24, 2.45) is 0 Å². The van der Waals surface area contributed by atoms with E-state index >= 15 is 0 Å². The summed E-state index contributed by atoms with van der Waals surface area (Å²) in [5.74, 6) is 0. The van der Waals surface area contributed by atoms with E-state index in [1.807, 2.05) is 6.07 Å². The molecule has 4 rings (SSSR count). The number of aromatic nitrogens is 3. The van der Waals surface area contributed by atoms with Gasteiger partial charge in [0.1, 0.15) is 10.4 Å². The van der Waals surface area contributed by atoms with E-state index in [-0.39, 0.29) is 17.0 Å². The summed E-state index contributed by atoms with van der Waals surface area (Å²) in [5, 5.41) is 4.16. The molecule has 1 aliphatic rings. The van der Waals surface area contributed by atoms with Gasteiger partial charge in [-0.3, -0.25) is 4.68 Å². The Labute approximate surface area is 138 Å². The molecule has 8 nitrogen and oxygen atoms in total. The van der Waals surface area contributed by atoms with Crippen LogP contribution in [0, 0.1) is 0 Å². The molecule has 0 amide bonds. The number of ether oxygens (including phenoxy) is 1. The van der Waals surface area contributed by atoms with E-state index in [4.69, 9.17) is 9.15 Å². The van der Waals surface area contributed by atoms with E-state index < -0.39 is 10.0 Å². The molecule has 1 fully saturated rings. The molecule has 9 heteroatoms. The number of nitrogens with zero attached hydrogens (tertiary/aromatic N) is 4. The summed E-state index contributed by atoms with van der Waals surface area (Å²) in [6, 6.07) is 7.22. The zero-order valence-electron chi connectivity index (χ0n) is 13.0. The highest BCUT2D eigenvalue weighted by atomic mass is 32.2. The van der Waals surface area contributed by atoms with Crippen LogP contribution in [0.3, 0.4) is 0 Å². The summed E-state index contributed by atoms with van der Waals surface area (Å²) in [7, 11) is -2.38. The molecule has 3 aromatic rings. The predicted molar refractivity (Wildman–Crippen MR) is 86.3 cm³/mol. The van der Waals surface area contributed by atoms with Gasteiger partial charge in [-0.15, -0.1) is 0 Å². The summed E-state index contributed by atoms with van der Waals surface area (Å²) in [4.78, 5) is 4.32. The zero-order chi connectivity index (χ0) is 16.7. The third-order valence-corrected chi connectivity index (χ3v) is 5.75. The molecular weight excluding hydrogens is 332 g/mol. The van der Waals surface area contributed by atoms with Gasteiger partial charge in [-0.1, -0.05) is 12.1 Å². The molecule has 126 valence electrons. The Kier molecular flexibility index (Phi) is 3.54. The lowest BCUT2D eigenvalue weighted by molar-refractivity contribution is 0.184. The molecule has 0 bridgehead atoms. The van der Waals surface area contributed by atoms with Gasteiger partial charge in [0.15, 0.2) is 5.58 Å². The summed E-state index contributed by atoms with van der Waals surface area (Å²) < 4.78 is 39.1. The minimum absolute atomic E-state index is 0.0214. The van der Waals surface area contributed by atoms with Crippen molar-refractivity contribution in [3.8, 4) is 0 Å². The Balaban J connectivity index is 1.66. The molecule has 1 atom stereocenters. The van der Waals surface area contributed by atoms with E-state index in [1.165, 1.54) is 19.4 Å². The van der Waals surface area contributed by atoms with Crippen molar-refractivity contribution in [1.82, 2.24) is 14.8 Å². The average Bonchev–Trinajstić information content (AvgIpc) is 3.32. The first-order chi connectivity index (χ1) is 11.6. The summed E-state index contributed by atoms with van der Waals surface area (Å²) >= 11 is 0. The Morgan fingerprint density at radius 3 is 2.92 bits per heavy atom. The van der Waals surface area contributed by atoms with Gasteiger partial charge >= 0.3 is 6.01 Å². The fourth-order valence-corrected chi connectivity index (χ4v) is 3.66. The molecule has 1 unspecified atom stereocenters. The zero-order valence-corrected chi connectivity index (χ0v) is 13.8. The van der Waals surface area contributed by atoms with Crippen LogP contribution in [0.5, 0.6) is 0 Å². The normalized spacial score (nSPS) is 18.3. The molecule has 0 N–H and O–H groups in total. The Hall–Kier alpha value is -2.39. The van der Waals surface area contributed by atoms with Crippen molar-refractivity contribution >= 4 is 27.1 Å². The third-order valence-electron chi connectivity index (χ3n) is 4.07. The summed E-state index contributed by atoms with van der Waals surface area (Å²) in [6.45, 7) is 1.21. The fourth-order valence-electron chi connectivity index (χ4n) is 2.64. The van der Waals surface area contributed by atoms with Crippen molar-refractivity contribution in [1.29, 1.82) is 0 Å². The van der Waals surface area contributed by atoms with Crippen LogP contribution in [0.25, 0.3) is 11.1 Å². The minimum Gasteiger partial charge on any atom is -0.423 e. The lowest BCUT2D eigenvalue weighted by Crippen LogP contribution is -2.26. The Bertz CT molecular complexity index is 939. The molecule has 2 aromatic heterocycles. The average molecular weight is 348 g/mol. The fraction of sp³-hybridized carbons (Fsp3) is 0.333. The second-order valence-corrected chi connectivity index (χ2v) is 7.58. The number of benzene rings is 1. The maximum atomic E-state index is 12.8. The third kappa shape index (κ3) is 2.45. The van der Waals surface area contributed by atoms with Gasteiger partial charge in [0.25, 0.3) is 10.0 Å². The number of fused-ring (bicyclic) bond motifs is 1. The molecule has 0 radical (unpaired) electrons. The second-order valence-electron chi connectivity index (χ2n) is 5.61. The van der Waals surface area contributed by atoms with Gasteiger partial charge in [-0.25, -0.2) is 12.7 Å². The van der Waals surface area contributed by atoms with Crippen molar-refractivity contribution < 1.29 is 17.6 Å². The first-order valence-corrected chi connectivity index (χ1v) is 8.96. The van der Waals surface area contributed by atoms with Gasteiger partial charge in [0, 0.05) is 19.9 Å². The van der Waals surface area contributed by atoms with Gasteiger partial charge in [-0.2, -0.15) is 10.1 Å². The number of anilines is 1. The molecule has 3 heterocycles. The Morgan fingerprint density at radius 2 is 2.17 bits per heavy atom. The number of oxazole rings is 1. The Morgan fingerprint density at radius 1 is 1.33 bits per heavy atom. The van der Waals surface area contributed by atoms with Crippen molar-refractivity contribution in [2.75, 3.05) is 24.6 Å². The van der Waals surface area contributed by atoms with E-state index in [1.54, 1.807) is 22.9 Å². The molecule has 0 spiro atoms. The van der Waals surface area contributed by atoms with Crippen LogP contribution in [0.15, 0.2) is 46.0 Å².